The number of nitrogens with zero attached hydrogens (tertiary/aromatic N) is 3. The molecule has 14 heteroatoms. The van der Waals surface area contributed by atoms with Crippen molar-refractivity contribution in [3.8, 4) is 6.07 Å². The third-order valence-electron chi connectivity index (χ3n) is 8.35. The molecule has 0 radical (unpaired) electrons. The number of hydrogen-bond donors (Lipinski definition) is 4. The quantitative estimate of drug-likeness (QED) is 0.106. The van der Waals surface area contributed by atoms with Crippen LogP contribution in [-0.4, -0.2) is 67.0 Å². The predicted octanol–water partition coefficient (Wildman–Crippen LogP) is 5.35. The van der Waals surface area contributed by atoms with Crippen LogP contribution in [-0.2, 0) is 29.4 Å². The smallest absolute Gasteiger partial charge is 0.279 e. The van der Waals surface area contributed by atoms with E-state index in [-0.39, 0.29) is 40.9 Å². The first-order chi connectivity index (χ1) is 25.3. The van der Waals surface area contributed by atoms with Crippen LogP contribution in [0.2, 0.25) is 0 Å². The normalized spacial score (nSPS) is 12.4. The van der Waals surface area contributed by atoms with Gasteiger partial charge in [0.1, 0.15) is 17.7 Å². The van der Waals surface area contributed by atoms with Crippen LogP contribution >= 0.6 is 0 Å². The highest BCUT2D eigenvalue weighted by molar-refractivity contribution is 7.92. The highest BCUT2D eigenvalue weighted by atomic mass is 32.2. The van der Waals surface area contributed by atoms with E-state index in [4.69, 9.17) is 5.26 Å². The monoisotopic (exact) mass is 746 g/mol. The van der Waals surface area contributed by atoms with Crippen molar-refractivity contribution in [2.45, 2.75) is 70.2 Å². The summed E-state index contributed by atoms with van der Waals surface area (Å²) in [5.41, 5.74) is 2.28. The topological polar surface area (TPSA) is 165 Å². The minimum absolute atomic E-state index is 0.00323. The molecule has 0 bridgehead atoms. The number of hydrogen-bond acceptors (Lipinski definition) is 8. The van der Waals surface area contributed by atoms with Gasteiger partial charge < -0.3 is 20.6 Å². The second kappa shape index (κ2) is 19.0. The van der Waals surface area contributed by atoms with Gasteiger partial charge in [0.05, 0.1) is 23.4 Å². The van der Waals surface area contributed by atoms with E-state index in [1.54, 1.807) is 4.90 Å². The summed E-state index contributed by atoms with van der Waals surface area (Å²) < 4.78 is 57.4. The van der Waals surface area contributed by atoms with E-state index >= 15 is 0 Å². The van der Waals surface area contributed by atoms with Gasteiger partial charge in [-0.05, 0) is 84.8 Å². The second-order valence-electron chi connectivity index (χ2n) is 12.6. The molecule has 4 N–H and O–H groups in total. The highest BCUT2D eigenvalue weighted by Crippen LogP contribution is 2.22. The van der Waals surface area contributed by atoms with Gasteiger partial charge >= 0.3 is 0 Å². The lowest BCUT2D eigenvalue weighted by atomic mass is 9.99. The standard InChI is InChI=1S/C39H44F2N6O5S/c1-4-12-47(13-5-2)39(50)31-18-30(19-34(20-31)46-53(51,52)37-11-10-28(22-42)24-44-37)38(49)45-35(17-29-15-32(40)21-33(41)16-29)36(48)25-43-23-27-9-7-8-26(6-3)14-27/h7-11,14-16,18-21,24,35-36,43,46,48H,4-6,12-13,17,23,25H2,1-3H3,(H,45,49)/t35-,36+/m0/s1. The zero-order chi connectivity index (χ0) is 38.5. The van der Waals surface area contributed by atoms with Gasteiger partial charge in [-0.2, -0.15) is 13.7 Å². The van der Waals surface area contributed by atoms with Crippen molar-refractivity contribution in [2.24, 2.45) is 0 Å². The van der Waals surface area contributed by atoms with Crippen molar-refractivity contribution < 1.29 is 31.9 Å². The number of aliphatic hydroxyl groups excluding tert-OH is 1. The van der Waals surface area contributed by atoms with Crippen molar-refractivity contribution in [1.82, 2.24) is 20.5 Å². The first-order valence-electron chi connectivity index (χ1n) is 17.4. The van der Waals surface area contributed by atoms with Crippen LogP contribution in [0.1, 0.15) is 76.6 Å². The Hall–Kier alpha value is -5.23. The lowest BCUT2D eigenvalue weighted by molar-refractivity contribution is 0.0755. The number of halogens is 2. The average Bonchev–Trinajstić information content (AvgIpc) is 3.13. The molecule has 280 valence electrons. The second-order valence-corrected chi connectivity index (χ2v) is 14.3. The molecule has 2 atom stereocenters. The number of amides is 2. The summed E-state index contributed by atoms with van der Waals surface area (Å²) in [4.78, 5) is 33.2. The number of nitriles is 1. The highest BCUT2D eigenvalue weighted by Gasteiger charge is 2.26. The Morgan fingerprint density at radius 1 is 0.906 bits per heavy atom. The maximum absolute atomic E-state index is 14.2. The summed E-state index contributed by atoms with van der Waals surface area (Å²) in [5, 5.41) is 26.0. The minimum atomic E-state index is -4.33. The lowest BCUT2D eigenvalue weighted by Crippen LogP contribution is -2.48. The number of nitrogens with one attached hydrogen (secondary N) is 3. The van der Waals surface area contributed by atoms with Crippen LogP contribution in [0, 0.1) is 23.0 Å². The van der Waals surface area contributed by atoms with Crippen molar-refractivity contribution in [3.63, 3.8) is 0 Å². The van der Waals surface area contributed by atoms with Crippen molar-refractivity contribution in [1.29, 1.82) is 5.26 Å². The molecule has 0 aliphatic rings. The van der Waals surface area contributed by atoms with Crippen LogP contribution in [0.25, 0.3) is 0 Å². The van der Waals surface area contributed by atoms with Crippen molar-refractivity contribution >= 4 is 27.5 Å². The van der Waals surface area contributed by atoms with E-state index in [2.05, 4.69) is 20.3 Å². The largest absolute Gasteiger partial charge is 0.390 e. The molecule has 1 aromatic heterocycles. The summed E-state index contributed by atoms with van der Waals surface area (Å²) in [6.45, 7) is 7.13. The molecule has 0 aliphatic carbocycles. The maximum Gasteiger partial charge on any atom is 0.279 e. The number of aliphatic hydroxyl groups is 1. The molecule has 1 heterocycles. The number of carbonyl (C=O) groups excluding carboxylic acids is 2. The summed E-state index contributed by atoms with van der Waals surface area (Å²) in [5.74, 6) is -2.84. The SMILES string of the molecule is CCCN(CCC)C(=O)c1cc(NS(=O)(=O)c2ccc(C#N)cn2)cc(C(=O)N[C@@H](Cc2cc(F)cc(F)c2)[C@H](O)CNCc2cccc(CC)c2)c1. The van der Waals surface area contributed by atoms with E-state index in [1.807, 2.05) is 51.1 Å². The van der Waals surface area contributed by atoms with E-state index in [0.29, 0.717) is 32.5 Å². The Morgan fingerprint density at radius 3 is 2.21 bits per heavy atom. The third-order valence-corrected chi connectivity index (χ3v) is 9.65. The zero-order valence-corrected chi connectivity index (χ0v) is 30.7. The molecule has 4 rings (SSSR count). The Labute approximate surface area is 309 Å². The van der Waals surface area contributed by atoms with Gasteiger partial charge in [-0.3, -0.25) is 14.3 Å². The van der Waals surface area contributed by atoms with Gasteiger partial charge in [-0.15, -0.1) is 0 Å². The van der Waals surface area contributed by atoms with Gasteiger partial charge in [0, 0.05) is 49.6 Å². The summed E-state index contributed by atoms with van der Waals surface area (Å²) in [6.07, 6.45) is 1.88. The molecular weight excluding hydrogens is 703 g/mol. The molecule has 0 saturated heterocycles. The molecule has 2 amide bonds. The van der Waals surface area contributed by atoms with Crippen LogP contribution in [0.4, 0.5) is 14.5 Å². The Balaban J connectivity index is 1.67. The number of aromatic nitrogens is 1. The number of benzene rings is 3. The number of pyridine rings is 1. The molecule has 0 fully saturated rings. The summed E-state index contributed by atoms with van der Waals surface area (Å²) in [6, 6.07) is 18.0. The lowest BCUT2D eigenvalue weighted by Gasteiger charge is -2.26. The van der Waals surface area contributed by atoms with Crippen LogP contribution < -0.4 is 15.4 Å². The third kappa shape index (κ3) is 11.6. The Kier molecular flexibility index (Phi) is 14.5. The van der Waals surface area contributed by atoms with Crippen LogP contribution in [0.15, 0.2) is 84.0 Å². The fourth-order valence-corrected chi connectivity index (χ4v) is 6.75. The van der Waals surface area contributed by atoms with Crippen LogP contribution in [0.3, 0.4) is 0 Å². The van der Waals surface area contributed by atoms with Crippen LogP contribution in [0.5, 0.6) is 0 Å². The number of rotatable bonds is 18. The molecule has 0 saturated carbocycles. The maximum atomic E-state index is 14.2. The van der Waals surface area contributed by atoms with Gasteiger partial charge in [-0.25, -0.2) is 13.8 Å². The molecule has 0 aliphatic heterocycles. The fourth-order valence-electron chi connectivity index (χ4n) is 5.78. The summed E-state index contributed by atoms with van der Waals surface area (Å²) in [7, 11) is -4.33. The first kappa shape index (κ1) is 40.5. The molecule has 3 aromatic carbocycles. The fraction of sp³-hybridized carbons (Fsp3) is 0.333. The number of carbonyl (C=O) groups is 2. The van der Waals surface area contributed by atoms with E-state index in [9.17, 15) is 31.9 Å². The van der Waals surface area contributed by atoms with E-state index in [1.165, 1.54) is 24.3 Å². The van der Waals surface area contributed by atoms with E-state index in [0.717, 1.165) is 48.0 Å². The van der Waals surface area contributed by atoms with Gasteiger partial charge in [-0.1, -0.05) is 45.0 Å². The first-order valence-corrected chi connectivity index (χ1v) is 18.9. The Morgan fingerprint density at radius 2 is 1.58 bits per heavy atom. The predicted molar refractivity (Wildman–Crippen MR) is 198 cm³/mol. The molecule has 0 spiro atoms. The molecule has 0 unspecified atom stereocenters. The van der Waals surface area contributed by atoms with Crippen molar-refractivity contribution in [3.05, 3.63) is 124 Å². The molecule has 53 heavy (non-hydrogen) atoms. The van der Waals surface area contributed by atoms with E-state index < -0.39 is 50.6 Å². The van der Waals surface area contributed by atoms with Gasteiger partial charge in [0.2, 0.25) is 0 Å². The van der Waals surface area contributed by atoms with Gasteiger partial charge in [0.25, 0.3) is 21.8 Å². The number of aryl methyl sites for hydroxylation is 1. The molecule has 11 nitrogen and oxygen atoms in total. The summed E-state index contributed by atoms with van der Waals surface area (Å²) >= 11 is 0. The Bertz CT molecular complexity index is 2010. The average molecular weight is 747 g/mol. The van der Waals surface area contributed by atoms with Gasteiger partial charge in [0.15, 0.2) is 5.03 Å². The number of anilines is 1. The molecule has 4 aromatic rings. The molecular formula is C39H44F2N6O5S. The minimum Gasteiger partial charge on any atom is -0.390 e. The van der Waals surface area contributed by atoms with Crippen molar-refractivity contribution in [2.75, 3.05) is 24.4 Å². The number of sulfonamides is 1. The zero-order valence-electron chi connectivity index (χ0n) is 29.9.